The third kappa shape index (κ3) is 23.9. The van der Waals surface area contributed by atoms with E-state index >= 15 is 0 Å². The number of methoxy groups -OCH3 is 1. The lowest BCUT2D eigenvalue weighted by Gasteiger charge is -2.27. The Morgan fingerprint density at radius 1 is 0.573 bits per heavy atom. The minimum absolute atomic E-state index is 0.00982. The highest BCUT2D eigenvalue weighted by molar-refractivity contribution is 7.88. The van der Waals surface area contributed by atoms with Crippen molar-refractivity contribution in [2.75, 3.05) is 90.1 Å². The number of esters is 4. The van der Waals surface area contributed by atoms with Crippen molar-refractivity contribution in [2.24, 2.45) is 5.41 Å². The van der Waals surface area contributed by atoms with E-state index in [4.69, 9.17) is 47.9 Å². The van der Waals surface area contributed by atoms with Gasteiger partial charge in [0.2, 0.25) is 10.0 Å². The van der Waals surface area contributed by atoms with Crippen LogP contribution in [0.2, 0.25) is 0 Å². The van der Waals surface area contributed by atoms with Gasteiger partial charge < -0.3 is 62.4 Å². The lowest BCUT2D eigenvalue weighted by molar-refractivity contribution is -0.172. The van der Waals surface area contributed by atoms with Crippen LogP contribution in [0.15, 0.2) is 48.5 Å². The van der Waals surface area contributed by atoms with Crippen molar-refractivity contribution in [3.8, 4) is 0 Å². The maximum atomic E-state index is 13.1. The summed E-state index contributed by atoms with van der Waals surface area (Å²) < 4.78 is 78.5. The Hall–Kier alpha value is -7.27. The van der Waals surface area contributed by atoms with Crippen LogP contribution in [0.3, 0.4) is 0 Å². The number of para-hydroxylation sites is 2. The van der Waals surface area contributed by atoms with Crippen LogP contribution in [0.25, 0.3) is 43.9 Å². The lowest BCUT2D eigenvalue weighted by Crippen LogP contribution is -2.46. The second-order valence-electron chi connectivity index (χ2n) is 22.8. The number of carbonyl (C=O) groups is 6. The van der Waals surface area contributed by atoms with Crippen molar-refractivity contribution in [3.63, 3.8) is 0 Å². The Bertz CT molecular complexity index is 3430. The van der Waals surface area contributed by atoms with Gasteiger partial charge >= 0.3 is 23.9 Å². The van der Waals surface area contributed by atoms with Crippen LogP contribution >= 0.6 is 0 Å². The molecule has 26 nitrogen and oxygen atoms in total. The van der Waals surface area contributed by atoms with Gasteiger partial charge in [-0.2, -0.15) is 0 Å². The van der Waals surface area contributed by atoms with Crippen molar-refractivity contribution >= 4 is 101 Å². The molecule has 1 unspecified atom stereocenters. The Labute approximate surface area is 520 Å². The molecule has 0 aliphatic rings. The van der Waals surface area contributed by atoms with Crippen LogP contribution in [0.4, 0.5) is 11.6 Å². The highest BCUT2D eigenvalue weighted by Crippen LogP contribution is 2.34. The summed E-state index contributed by atoms with van der Waals surface area (Å²) in [6.07, 6.45) is 5.83. The summed E-state index contributed by atoms with van der Waals surface area (Å²) >= 11 is 0. The van der Waals surface area contributed by atoms with Crippen LogP contribution in [0.1, 0.15) is 125 Å². The van der Waals surface area contributed by atoms with Gasteiger partial charge in [-0.3, -0.25) is 14.4 Å². The Morgan fingerprint density at radius 3 is 1.57 bits per heavy atom. The van der Waals surface area contributed by atoms with E-state index in [9.17, 15) is 37.2 Å². The molecule has 4 aromatic heterocycles. The van der Waals surface area contributed by atoms with E-state index in [0.717, 1.165) is 72.5 Å². The zero-order valence-electron chi connectivity index (χ0n) is 53.3. The highest BCUT2D eigenvalue weighted by atomic mass is 32.2. The number of ether oxygens (including phenoxy) is 9. The summed E-state index contributed by atoms with van der Waals surface area (Å²) in [5, 5.41) is 7.19. The lowest BCUT2D eigenvalue weighted by atomic mass is 9.96. The van der Waals surface area contributed by atoms with Gasteiger partial charge in [-0.15, -0.1) is 0 Å². The molecule has 490 valence electrons. The molecule has 89 heavy (non-hydrogen) atoms. The van der Waals surface area contributed by atoms with Crippen LogP contribution in [0, 0.1) is 5.41 Å². The van der Waals surface area contributed by atoms with E-state index in [1.807, 2.05) is 61.7 Å². The predicted octanol–water partition coefficient (Wildman–Crippen LogP) is 7.87. The summed E-state index contributed by atoms with van der Waals surface area (Å²) in [6.45, 7) is 18.6. The highest BCUT2D eigenvalue weighted by Gasteiger charge is 2.29. The summed E-state index contributed by atoms with van der Waals surface area (Å²) in [5.41, 5.74) is 2.80. The first-order chi connectivity index (χ1) is 42.4. The number of benzene rings is 2. The van der Waals surface area contributed by atoms with Crippen LogP contribution in [0.5, 0.6) is 0 Å². The fourth-order valence-corrected chi connectivity index (χ4v) is 10.4. The largest absolute Gasteiger partial charge is 0.467 e. The summed E-state index contributed by atoms with van der Waals surface area (Å²) in [6, 6.07) is 15.0. The first kappa shape index (κ1) is 72.5. The number of anilines is 2. The third-order valence-corrected chi connectivity index (χ3v) is 14.0. The van der Waals surface area contributed by atoms with Gasteiger partial charge in [0.05, 0.1) is 48.6 Å². The van der Waals surface area contributed by atoms with Crippen molar-refractivity contribution in [1.82, 2.24) is 33.8 Å². The van der Waals surface area contributed by atoms with Gasteiger partial charge in [-0.05, 0) is 64.5 Å². The number of carbonyl (C=O) groups excluding carboxylic acids is 6. The molecule has 0 fully saturated rings. The molecule has 0 bridgehead atoms. The number of fused-ring (bicyclic) bond motifs is 6. The predicted molar refractivity (Wildman–Crippen MR) is 334 cm³/mol. The molecular formula is C62H89N9O17S. The zero-order chi connectivity index (χ0) is 65.2. The van der Waals surface area contributed by atoms with Crippen LogP contribution in [-0.2, 0) is 108 Å². The number of unbranched alkanes of at least 4 members (excludes halogenated alkanes) is 4. The van der Waals surface area contributed by atoms with Crippen molar-refractivity contribution < 1.29 is 79.8 Å². The molecule has 0 saturated heterocycles. The maximum absolute atomic E-state index is 13.1. The molecule has 4 heterocycles. The molecule has 2 amide bonds. The number of sulfonamides is 1. The number of imidazole rings is 2. The Balaban J connectivity index is 0.000000378. The van der Waals surface area contributed by atoms with Crippen molar-refractivity contribution in [1.29, 1.82) is 0 Å². The van der Waals surface area contributed by atoms with E-state index in [-0.39, 0.29) is 76.4 Å². The molecule has 6 aromatic rings. The minimum atomic E-state index is -3.55. The number of hydrogen-bond acceptors (Lipinski definition) is 21. The summed E-state index contributed by atoms with van der Waals surface area (Å²) in [7, 11) is -2.29. The van der Waals surface area contributed by atoms with Gasteiger partial charge in [-0.25, -0.2) is 47.5 Å². The number of nitrogens with zero attached hydrogens (tertiary/aromatic N) is 6. The average Bonchev–Trinajstić information content (AvgIpc) is 1.67. The molecule has 2 aromatic carbocycles. The van der Waals surface area contributed by atoms with Crippen LogP contribution in [-0.4, -0.2) is 164 Å². The normalized spacial score (nSPS) is 12.2. The van der Waals surface area contributed by atoms with Gasteiger partial charge in [0.1, 0.15) is 75.5 Å². The zero-order valence-corrected chi connectivity index (χ0v) is 54.1. The Morgan fingerprint density at radius 2 is 1.08 bits per heavy atom. The quantitative estimate of drug-likeness (QED) is 0.0190. The molecule has 27 heteroatoms. The summed E-state index contributed by atoms with van der Waals surface area (Å²) in [5.74, 6) is -1.73. The van der Waals surface area contributed by atoms with Gasteiger partial charge in [0, 0.05) is 49.0 Å². The molecule has 6 rings (SSSR count). The first-order valence-electron chi connectivity index (χ1n) is 30.0. The number of aromatic nitrogens is 6. The number of pyridine rings is 2. The fraction of sp³-hybridized carbons (Fsp3) is 0.581. The summed E-state index contributed by atoms with van der Waals surface area (Å²) in [4.78, 5) is 92.8. The second kappa shape index (κ2) is 35.8. The number of amides is 2. The van der Waals surface area contributed by atoms with Gasteiger partial charge in [0.15, 0.2) is 17.7 Å². The maximum Gasteiger partial charge on any atom is 0.347 e. The SMILES string of the molecule is CCCCCCC(=O)OCCOCCOC(=O)C(CCCC)OC(=O)COCC(=O)Nc1nc2ccccc2c2c1nc(COCC)n2CC(C)(C)NS(C)(=O)=O.CCOCc1nc2c(NC(=O)COCC(=O)OC)nc3ccccc3c2n1CC(C)(C)C. The topological polar surface area (TPSA) is 317 Å². The number of hydrogen-bond donors (Lipinski definition) is 3. The molecular weight excluding hydrogens is 1170 g/mol. The smallest absolute Gasteiger partial charge is 0.347 e. The third-order valence-electron chi connectivity index (χ3n) is 13.0. The van der Waals surface area contributed by atoms with E-state index < -0.39 is 64.6 Å². The van der Waals surface area contributed by atoms with E-state index in [1.54, 1.807) is 26.0 Å². The average molecular weight is 1260 g/mol. The Kier molecular flexibility index (Phi) is 29.2. The molecule has 3 N–H and O–H groups in total. The molecule has 0 radical (unpaired) electrons. The second-order valence-corrected chi connectivity index (χ2v) is 24.5. The molecule has 0 aliphatic heterocycles. The number of nitrogens with one attached hydrogen (secondary N) is 3. The van der Waals surface area contributed by atoms with Crippen LogP contribution < -0.4 is 15.4 Å². The monoisotopic (exact) mass is 1260 g/mol. The van der Waals surface area contributed by atoms with E-state index in [1.165, 1.54) is 7.11 Å². The van der Waals surface area contributed by atoms with Gasteiger partial charge in [-0.1, -0.05) is 96.7 Å². The van der Waals surface area contributed by atoms with Crippen molar-refractivity contribution in [2.45, 2.75) is 152 Å². The van der Waals surface area contributed by atoms with Gasteiger partial charge in [0.25, 0.3) is 11.8 Å². The molecule has 0 saturated carbocycles. The number of rotatable bonds is 37. The molecule has 0 aliphatic carbocycles. The standard InChI is InChI=1S/C39H59N5O12S.C23H30N4O5/c1-7-10-12-13-19-33(46)54-22-20-52-21-23-55-38(48)30(18-11-8-2)56-34(47)26-53-25-32(45)42-37-35-36(28-16-14-15-17-29(28)40-37)44(31(41-35)24-51-9-3)27-39(4,5)43-57(6,49)50;1-6-31-11-17-25-20-21(27(17)14-23(2,3)4)15-9-7-8-10-16(15)24-22(20)26-18(28)12-32-13-19(29)30-5/h14-17,30,43H,7-13,18-27H2,1-6H3,(H,40,42,45);7-10H,6,11-14H2,1-5H3,(H,24,26,28). The molecule has 1 atom stereocenters. The first-order valence-corrected chi connectivity index (χ1v) is 31.9. The van der Waals surface area contributed by atoms with E-state index in [0.29, 0.717) is 66.4 Å². The molecule has 0 spiro atoms. The van der Waals surface area contributed by atoms with E-state index in [2.05, 4.69) is 62.3 Å². The minimum Gasteiger partial charge on any atom is -0.467 e. The fourth-order valence-electron chi connectivity index (χ4n) is 9.33. The van der Waals surface area contributed by atoms with Crippen molar-refractivity contribution in [3.05, 3.63) is 60.2 Å².